The zero-order valence-corrected chi connectivity index (χ0v) is 15.1. The van der Waals surface area contributed by atoms with E-state index in [4.69, 9.17) is 0 Å². The van der Waals surface area contributed by atoms with E-state index in [9.17, 15) is 27.6 Å². The van der Waals surface area contributed by atoms with Crippen LogP contribution in [0.25, 0.3) is 6.08 Å². The molecule has 2 heterocycles. The summed E-state index contributed by atoms with van der Waals surface area (Å²) in [4.78, 5) is 39.4. The van der Waals surface area contributed by atoms with Gasteiger partial charge in [0.2, 0.25) is 5.91 Å². The highest BCUT2D eigenvalue weighted by molar-refractivity contribution is 8.18. The summed E-state index contributed by atoms with van der Waals surface area (Å²) >= 11 is 0.681. The van der Waals surface area contributed by atoms with Crippen LogP contribution >= 0.6 is 11.8 Å². The van der Waals surface area contributed by atoms with Gasteiger partial charge in [-0.15, -0.1) is 0 Å². The Bertz CT molecular complexity index is 784. The number of piperidine rings is 1. The lowest BCUT2D eigenvalue weighted by Gasteiger charge is -2.27. The third kappa shape index (κ3) is 4.52. The highest BCUT2D eigenvalue weighted by atomic mass is 32.2. The van der Waals surface area contributed by atoms with Crippen LogP contribution in [0.3, 0.4) is 0 Å². The monoisotopic (exact) mass is 398 g/mol. The van der Waals surface area contributed by atoms with Crippen molar-refractivity contribution in [3.8, 4) is 0 Å². The molecule has 3 amide bonds. The molecule has 5 nitrogen and oxygen atoms in total. The molecule has 144 valence electrons. The number of alkyl halides is 3. The Morgan fingerprint density at radius 1 is 1.07 bits per heavy atom. The van der Waals surface area contributed by atoms with Gasteiger partial charge in [0.05, 0.1) is 10.5 Å². The van der Waals surface area contributed by atoms with Gasteiger partial charge in [0, 0.05) is 13.1 Å². The zero-order chi connectivity index (χ0) is 19.6. The molecule has 0 aliphatic carbocycles. The fraction of sp³-hybridized carbons (Fsp3) is 0.389. The molecule has 1 aromatic carbocycles. The summed E-state index contributed by atoms with van der Waals surface area (Å²) in [5, 5.41) is -0.552. The van der Waals surface area contributed by atoms with Gasteiger partial charge in [0.15, 0.2) is 0 Å². The van der Waals surface area contributed by atoms with Gasteiger partial charge in [-0.2, -0.15) is 13.2 Å². The topological polar surface area (TPSA) is 57.7 Å². The van der Waals surface area contributed by atoms with Crippen molar-refractivity contribution in [1.82, 2.24) is 9.80 Å². The van der Waals surface area contributed by atoms with E-state index in [-0.39, 0.29) is 17.4 Å². The van der Waals surface area contributed by atoms with Crippen molar-refractivity contribution in [1.29, 1.82) is 0 Å². The second-order valence-electron chi connectivity index (χ2n) is 6.33. The number of imide groups is 1. The van der Waals surface area contributed by atoms with Crippen molar-refractivity contribution >= 4 is 34.9 Å². The normalized spacial score (nSPS) is 19.9. The zero-order valence-electron chi connectivity index (χ0n) is 14.3. The first-order valence-electron chi connectivity index (χ1n) is 8.46. The van der Waals surface area contributed by atoms with Crippen LogP contribution in [0.2, 0.25) is 0 Å². The Balaban J connectivity index is 1.69. The van der Waals surface area contributed by atoms with Crippen molar-refractivity contribution in [2.45, 2.75) is 25.4 Å². The molecule has 1 aromatic rings. The summed E-state index contributed by atoms with van der Waals surface area (Å²) in [5.74, 6) is -0.872. The predicted octanol–water partition coefficient (Wildman–Crippen LogP) is 3.75. The summed E-state index contributed by atoms with van der Waals surface area (Å²) in [6, 6.07) is 4.29. The van der Waals surface area contributed by atoms with E-state index in [1.165, 1.54) is 18.2 Å². The number of carbonyl (C=O) groups excluding carboxylic acids is 3. The number of hydrogen-bond acceptors (Lipinski definition) is 4. The van der Waals surface area contributed by atoms with Crippen LogP contribution in [0.1, 0.15) is 30.4 Å². The van der Waals surface area contributed by atoms with Gasteiger partial charge in [0.1, 0.15) is 6.54 Å². The number of thioether (sulfide) groups is 1. The Labute approximate surface area is 158 Å². The lowest BCUT2D eigenvalue weighted by Crippen LogP contribution is -2.44. The Hall–Kier alpha value is -2.29. The average Bonchev–Trinajstić information content (AvgIpc) is 2.89. The molecule has 0 radical (unpaired) electrons. The van der Waals surface area contributed by atoms with E-state index in [1.807, 2.05) is 0 Å². The minimum absolute atomic E-state index is 0.0891. The molecule has 2 aliphatic heterocycles. The number of carbonyl (C=O) groups is 3. The highest BCUT2D eigenvalue weighted by Crippen LogP contribution is 2.33. The second-order valence-corrected chi connectivity index (χ2v) is 7.32. The maximum absolute atomic E-state index is 12.6. The predicted molar refractivity (Wildman–Crippen MR) is 94.6 cm³/mol. The average molecular weight is 398 g/mol. The first-order chi connectivity index (χ1) is 12.8. The smallest absolute Gasteiger partial charge is 0.341 e. The molecule has 2 fully saturated rings. The lowest BCUT2D eigenvalue weighted by atomic mass is 10.1. The quantitative estimate of drug-likeness (QED) is 0.728. The molecule has 0 aromatic heterocycles. The largest absolute Gasteiger partial charge is 0.416 e. The van der Waals surface area contributed by atoms with Crippen molar-refractivity contribution in [3.63, 3.8) is 0 Å². The fourth-order valence-corrected chi connectivity index (χ4v) is 3.77. The Morgan fingerprint density at radius 2 is 1.70 bits per heavy atom. The molecule has 9 heteroatoms. The molecule has 27 heavy (non-hydrogen) atoms. The Morgan fingerprint density at radius 3 is 2.30 bits per heavy atom. The van der Waals surface area contributed by atoms with Crippen LogP contribution in [-0.4, -0.2) is 46.5 Å². The standard InChI is InChI=1S/C18H17F3N2O3S/c19-18(20,21)13-6-4-12(5-7-13)10-14-16(25)23(17(26)27-14)11-15(24)22-8-2-1-3-9-22/h4-7,10H,1-3,8-9,11H2/b14-10-. The van der Waals surface area contributed by atoms with E-state index in [0.717, 1.165) is 36.3 Å². The highest BCUT2D eigenvalue weighted by Gasteiger charge is 2.37. The van der Waals surface area contributed by atoms with Gasteiger partial charge in [0.25, 0.3) is 11.1 Å². The van der Waals surface area contributed by atoms with Gasteiger partial charge in [-0.25, -0.2) is 0 Å². The van der Waals surface area contributed by atoms with E-state index in [2.05, 4.69) is 0 Å². The van der Waals surface area contributed by atoms with Crippen molar-refractivity contribution in [2.24, 2.45) is 0 Å². The molecule has 0 spiro atoms. The number of benzene rings is 1. The number of halogens is 3. The summed E-state index contributed by atoms with van der Waals surface area (Å²) in [6.45, 7) is 0.932. The van der Waals surface area contributed by atoms with Crippen LogP contribution in [0.5, 0.6) is 0 Å². The maximum atomic E-state index is 12.6. The first kappa shape index (κ1) is 19.5. The van der Waals surface area contributed by atoms with Crippen LogP contribution in [-0.2, 0) is 15.8 Å². The van der Waals surface area contributed by atoms with E-state index >= 15 is 0 Å². The van der Waals surface area contributed by atoms with Crippen molar-refractivity contribution in [2.75, 3.05) is 19.6 Å². The van der Waals surface area contributed by atoms with Crippen LogP contribution in [0.15, 0.2) is 29.2 Å². The fourth-order valence-electron chi connectivity index (χ4n) is 2.93. The van der Waals surface area contributed by atoms with Crippen LogP contribution in [0, 0.1) is 0 Å². The second kappa shape index (κ2) is 7.75. The Kier molecular flexibility index (Phi) is 5.59. The van der Waals surface area contributed by atoms with Crippen LogP contribution in [0.4, 0.5) is 18.0 Å². The van der Waals surface area contributed by atoms with Crippen molar-refractivity contribution < 1.29 is 27.6 Å². The number of likely N-dealkylation sites (tertiary alicyclic amines) is 1. The summed E-state index contributed by atoms with van der Waals surface area (Å²) < 4.78 is 37.8. The third-order valence-electron chi connectivity index (χ3n) is 4.41. The van der Waals surface area contributed by atoms with E-state index < -0.39 is 22.9 Å². The summed E-state index contributed by atoms with van der Waals surface area (Å²) in [6.07, 6.45) is -0.217. The molecular weight excluding hydrogens is 381 g/mol. The molecule has 0 atom stereocenters. The number of amides is 3. The van der Waals surface area contributed by atoms with Gasteiger partial charge < -0.3 is 4.90 Å². The van der Waals surface area contributed by atoms with Crippen molar-refractivity contribution in [3.05, 3.63) is 40.3 Å². The maximum Gasteiger partial charge on any atom is 0.416 e. The minimum Gasteiger partial charge on any atom is -0.341 e. The van der Waals surface area contributed by atoms with E-state index in [1.54, 1.807) is 4.90 Å². The van der Waals surface area contributed by atoms with Gasteiger partial charge in [-0.1, -0.05) is 12.1 Å². The molecule has 0 bridgehead atoms. The summed E-state index contributed by atoms with van der Waals surface area (Å²) in [5.41, 5.74) is -0.421. The first-order valence-corrected chi connectivity index (χ1v) is 9.28. The number of hydrogen-bond donors (Lipinski definition) is 0. The molecule has 0 N–H and O–H groups in total. The molecule has 3 rings (SSSR count). The number of rotatable bonds is 3. The van der Waals surface area contributed by atoms with E-state index in [0.29, 0.717) is 30.4 Å². The molecule has 0 unspecified atom stereocenters. The number of nitrogens with zero attached hydrogens (tertiary/aromatic N) is 2. The van der Waals surface area contributed by atoms with Crippen LogP contribution < -0.4 is 0 Å². The molecule has 2 aliphatic rings. The minimum atomic E-state index is -4.44. The van der Waals surface area contributed by atoms with Gasteiger partial charge in [-0.3, -0.25) is 19.3 Å². The molecule has 0 saturated carbocycles. The molecule has 2 saturated heterocycles. The third-order valence-corrected chi connectivity index (χ3v) is 5.32. The lowest BCUT2D eigenvalue weighted by molar-refractivity contribution is -0.137. The van der Waals surface area contributed by atoms with Gasteiger partial charge >= 0.3 is 6.18 Å². The SMILES string of the molecule is O=C(CN1C(=O)S/C(=C\c2ccc(C(F)(F)F)cc2)C1=O)N1CCCCC1. The molecular formula is C18H17F3N2O3S. The van der Waals surface area contributed by atoms with Gasteiger partial charge in [-0.05, 0) is 54.8 Å². The summed E-state index contributed by atoms with van der Waals surface area (Å²) in [7, 11) is 0.